The number of rotatable bonds is 7. The van der Waals surface area contributed by atoms with Crippen LogP contribution in [0.1, 0.15) is 27.0 Å². The minimum Gasteiger partial charge on any atom is -0.489 e. The molecule has 4 nitrogen and oxygen atoms in total. The zero-order valence-electron chi connectivity index (χ0n) is 15.2. The van der Waals surface area contributed by atoms with Gasteiger partial charge in [-0.2, -0.15) is 0 Å². The lowest BCUT2D eigenvalue weighted by molar-refractivity contribution is 0.0697. The second-order valence-corrected chi connectivity index (χ2v) is 6.73. The maximum Gasteiger partial charge on any atom is 0.335 e. The molecule has 0 bridgehead atoms. The normalized spacial score (nSPS) is 10.5. The van der Waals surface area contributed by atoms with Crippen LogP contribution >= 0.6 is 11.6 Å². The molecule has 0 aliphatic rings. The van der Waals surface area contributed by atoms with Crippen molar-refractivity contribution in [1.29, 1.82) is 0 Å². The Balaban J connectivity index is 1.61. The van der Waals surface area contributed by atoms with Crippen LogP contribution < -0.4 is 10.1 Å². The zero-order chi connectivity index (χ0) is 20.1. The maximum atomic E-state index is 13.8. The average molecular weight is 400 g/mol. The van der Waals surface area contributed by atoms with Crippen LogP contribution in [0.25, 0.3) is 0 Å². The number of ether oxygens (including phenoxy) is 1. The fourth-order valence-corrected chi connectivity index (χ4v) is 2.89. The fraction of sp³-hybridized carbons (Fsp3) is 0.136. The molecule has 144 valence electrons. The SMILES string of the molecule is Cc1ccc(C(=O)O)cc1NCc1ccc(OCc2c(F)cccc2Cl)cc1. The Kier molecular flexibility index (Phi) is 6.16. The number of nitrogens with one attached hydrogen (secondary N) is 1. The van der Waals surface area contributed by atoms with Crippen LogP contribution in [-0.4, -0.2) is 11.1 Å². The molecule has 0 saturated heterocycles. The molecule has 0 atom stereocenters. The van der Waals surface area contributed by atoms with Crippen LogP contribution in [0.4, 0.5) is 10.1 Å². The highest BCUT2D eigenvalue weighted by Crippen LogP contribution is 2.22. The van der Waals surface area contributed by atoms with Crippen molar-refractivity contribution in [3.05, 3.63) is 93.8 Å². The summed E-state index contributed by atoms with van der Waals surface area (Å²) in [6, 6.07) is 16.9. The lowest BCUT2D eigenvalue weighted by Crippen LogP contribution is -2.04. The molecular weight excluding hydrogens is 381 g/mol. The highest BCUT2D eigenvalue weighted by Gasteiger charge is 2.08. The first-order valence-corrected chi connectivity index (χ1v) is 9.04. The van der Waals surface area contributed by atoms with E-state index in [1.807, 2.05) is 19.1 Å². The molecule has 3 aromatic rings. The molecule has 0 unspecified atom stereocenters. The molecule has 2 N–H and O–H groups in total. The van der Waals surface area contributed by atoms with E-state index in [9.17, 15) is 9.18 Å². The first-order valence-electron chi connectivity index (χ1n) is 8.66. The van der Waals surface area contributed by atoms with E-state index in [4.69, 9.17) is 21.4 Å². The minimum atomic E-state index is -0.959. The topological polar surface area (TPSA) is 58.6 Å². The standard InChI is InChI=1S/C22H19ClFNO3/c1-14-5-8-16(22(26)27)11-21(14)25-12-15-6-9-17(10-7-15)28-13-18-19(23)3-2-4-20(18)24/h2-11,25H,12-13H2,1H3,(H,26,27). The second-order valence-electron chi connectivity index (χ2n) is 6.32. The Morgan fingerprint density at radius 2 is 1.89 bits per heavy atom. The Labute approximate surface area is 167 Å². The largest absolute Gasteiger partial charge is 0.489 e. The molecule has 0 aliphatic heterocycles. The summed E-state index contributed by atoms with van der Waals surface area (Å²) in [4.78, 5) is 11.1. The number of aryl methyl sites for hydroxylation is 1. The van der Waals surface area contributed by atoms with Crippen molar-refractivity contribution in [3.63, 3.8) is 0 Å². The summed E-state index contributed by atoms with van der Waals surface area (Å²) in [5.41, 5.74) is 3.30. The number of hydrogen-bond acceptors (Lipinski definition) is 3. The third-order valence-corrected chi connectivity index (χ3v) is 4.69. The number of carboxylic acids is 1. The third-order valence-electron chi connectivity index (χ3n) is 4.34. The van der Waals surface area contributed by atoms with Gasteiger partial charge in [0.1, 0.15) is 18.2 Å². The molecule has 0 amide bonds. The van der Waals surface area contributed by atoms with E-state index in [2.05, 4.69) is 5.32 Å². The van der Waals surface area contributed by atoms with Gasteiger partial charge in [-0.3, -0.25) is 0 Å². The van der Waals surface area contributed by atoms with E-state index in [0.29, 0.717) is 22.9 Å². The number of carboxylic acid groups (broad SMARTS) is 1. The van der Waals surface area contributed by atoms with Gasteiger partial charge in [0.15, 0.2) is 0 Å². The second kappa shape index (κ2) is 8.76. The molecule has 6 heteroatoms. The number of aromatic carboxylic acids is 1. The Morgan fingerprint density at radius 1 is 1.14 bits per heavy atom. The molecule has 0 saturated carbocycles. The highest BCUT2D eigenvalue weighted by molar-refractivity contribution is 6.31. The summed E-state index contributed by atoms with van der Waals surface area (Å²) in [5, 5.41) is 12.7. The van der Waals surface area contributed by atoms with Gasteiger partial charge in [0, 0.05) is 17.8 Å². The molecule has 0 fully saturated rings. The monoisotopic (exact) mass is 399 g/mol. The van der Waals surface area contributed by atoms with Crippen LogP contribution in [0.5, 0.6) is 5.75 Å². The third kappa shape index (κ3) is 4.81. The summed E-state index contributed by atoms with van der Waals surface area (Å²) in [5.74, 6) is -0.751. The molecular formula is C22H19ClFNO3. The van der Waals surface area contributed by atoms with Crippen LogP contribution in [0.3, 0.4) is 0 Å². The summed E-state index contributed by atoms with van der Waals surface area (Å²) >= 11 is 6.00. The number of benzene rings is 3. The summed E-state index contributed by atoms with van der Waals surface area (Å²) in [6.45, 7) is 2.49. The number of carbonyl (C=O) groups is 1. The minimum absolute atomic E-state index is 0.0459. The first kappa shape index (κ1) is 19.7. The predicted octanol–water partition coefficient (Wildman–Crippen LogP) is 5.68. The lowest BCUT2D eigenvalue weighted by Gasteiger charge is -2.12. The van der Waals surface area contributed by atoms with E-state index in [1.54, 1.807) is 42.5 Å². The van der Waals surface area contributed by atoms with Gasteiger partial charge in [0.05, 0.1) is 10.6 Å². The van der Waals surface area contributed by atoms with Gasteiger partial charge in [0.2, 0.25) is 0 Å². The quantitative estimate of drug-likeness (QED) is 0.536. The molecule has 3 rings (SSSR count). The van der Waals surface area contributed by atoms with Crippen LogP contribution in [0, 0.1) is 12.7 Å². The lowest BCUT2D eigenvalue weighted by atomic mass is 10.1. The first-order chi connectivity index (χ1) is 13.4. The van der Waals surface area contributed by atoms with E-state index >= 15 is 0 Å². The Morgan fingerprint density at radius 3 is 2.57 bits per heavy atom. The van der Waals surface area contributed by atoms with Gasteiger partial charge in [-0.1, -0.05) is 35.9 Å². The molecule has 0 radical (unpaired) electrons. The number of halogens is 2. The smallest absolute Gasteiger partial charge is 0.335 e. The van der Waals surface area contributed by atoms with E-state index < -0.39 is 11.8 Å². The van der Waals surface area contributed by atoms with Crippen molar-refractivity contribution in [1.82, 2.24) is 0 Å². The molecule has 0 heterocycles. The van der Waals surface area contributed by atoms with E-state index in [-0.39, 0.29) is 12.2 Å². The molecule has 3 aromatic carbocycles. The highest BCUT2D eigenvalue weighted by atomic mass is 35.5. The van der Waals surface area contributed by atoms with Crippen LogP contribution in [0.2, 0.25) is 5.02 Å². The zero-order valence-corrected chi connectivity index (χ0v) is 16.0. The number of hydrogen-bond donors (Lipinski definition) is 2. The average Bonchev–Trinajstić information content (AvgIpc) is 2.67. The van der Waals surface area contributed by atoms with Crippen LogP contribution in [-0.2, 0) is 13.2 Å². The van der Waals surface area contributed by atoms with Gasteiger partial charge < -0.3 is 15.2 Å². The van der Waals surface area contributed by atoms with Gasteiger partial charge in [-0.25, -0.2) is 9.18 Å². The number of anilines is 1. The summed E-state index contributed by atoms with van der Waals surface area (Å²) < 4.78 is 19.4. The van der Waals surface area contributed by atoms with Crippen molar-refractivity contribution in [2.75, 3.05) is 5.32 Å². The van der Waals surface area contributed by atoms with Gasteiger partial charge in [-0.05, 0) is 54.4 Å². The molecule has 0 spiro atoms. The Bertz CT molecular complexity index is 969. The van der Waals surface area contributed by atoms with Crippen molar-refractivity contribution < 1.29 is 19.0 Å². The predicted molar refractivity (Wildman–Crippen MR) is 108 cm³/mol. The van der Waals surface area contributed by atoms with Gasteiger partial charge in [0.25, 0.3) is 0 Å². The maximum absolute atomic E-state index is 13.8. The molecule has 28 heavy (non-hydrogen) atoms. The molecule has 0 aromatic heterocycles. The van der Waals surface area contributed by atoms with Crippen molar-refractivity contribution >= 4 is 23.3 Å². The van der Waals surface area contributed by atoms with Crippen LogP contribution in [0.15, 0.2) is 60.7 Å². The van der Waals surface area contributed by atoms with E-state index in [1.165, 1.54) is 6.07 Å². The van der Waals surface area contributed by atoms with Crippen molar-refractivity contribution in [2.24, 2.45) is 0 Å². The van der Waals surface area contributed by atoms with E-state index in [0.717, 1.165) is 16.8 Å². The fourth-order valence-electron chi connectivity index (χ4n) is 2.67. The Hall–Kier alpha value is -3.05. The molecule has 0 aliphatic carbocycles. The summed E-state index contributed by atoms with van der Waals surface area (Å²) in [7, 11) is 0. The van der Waals surface area contributed by atoms with Gasteiger partial charge >= 0.3 is 5.97 Å². The summed E-state index contributed by atoms with van der Waals surface area (Å²) in [6.07, 6.45) is 0. The van der Waals surface area contributed by atoms with Crippen molar-refractivity contribution in [2.45, 2.75) is 20.1 Å². The van der Waals surface area contributed by atoms with Crippen molar-refractivity contribution in [3.8, 4) is 5.75 Å². The van der Waals surface area contributed by atoms with Gasteiger partial charge in [-0.15, -0.1) is 0 Å².